The Bertz CT molecular complexity index is 1030. The number of carboxylic acids is 1. The number of carboxylic acid groups (broad SMARTS) is 1. The number of nitrogens with one attached hydrogen (secondary N) is 1. The minimum atomic E-state index is -0.829. The smallest absolute Gasteiger partial charge is 0.320 e. The minimum absolute atomic E-state index is 0.0134. The van der Waals surface area contributed by atoms with Crippen LogP contribution < -0.4 is 5.32 Å². The standard InChI is InChI=1S/C26H34N2O5/c1-15(2)9-22(26(32)33)27-8-7-17-5-6-18-13-28(14-19(18)10-17)25(31)21-11-20(16(3)4)23(29)12-24(21)30/h5-6,10-12,15-16,22,27,29-30H,7-9,13-14H2,1-4H3,(H,32,33)/t22-/m0/s1. The van der Waals surface area contributed by atoms with Crippen LogP contribution in [-0.4, -0.2) is 44.7 Å². The molecule has 0 fully saturated rings. The summed E-state index contributed by atoms with van der Waals surface area (Å²) in [6.45, 7) is 9.31. The van der Waals surface area contributed by atoms with Gasteiger partial charge in [-0.1, -0.05) is 45.9 Å². The fourth-order valence-electron chi connectivity index (χ4n) is 4.28. The fraction of sp³-hybridized carbons (Fsp3) is 0.462. The van der Waals surface area contributed by atoms with Crippen LogP contribution >= 0.6 is 0 Å². The number of fused-ring (bicyclic) bond motifs is 1. The molecule has 1 atom stereocenters. The first-order valence-electron chi connectivity index (χ1n) is 11.5. The van der Waals surface area contributed by atoms with Gasteiger partial charge in [0.1, 0.15) is 17.5 Å². The monoisotopic (exact) mass is 454 g/mol. The van der Waals surface area contributed by atoms with Crippen molar-refractivity contribution in [2.24, 2.45) is 5.92 Å². The maximum atomic E-state index is 13.1. The van der Waals surface area contributed by atoms with Crippen LogP contribution in [0.15, 0.2) is 30.3 Å². The number of aliphatic carboxylic acids is 1. The number of nitrogens with zero attached hydrogens (tertiary/aromatic N) is 1. The summed E-state index contributed by atoms with van der Waals surface area (Å²) in [7, 11) is 0. The lowest BCUT2D eigenvalue weighted by atomic mass is 9.98. The van der Waals surface area contributed by atoms with Gasteiger partial charge in [0.2, 0.25) is 0 Å². The molecule has 178 valence electrons. The first-order chi connectivity index (χ1) is 15.6. The maximum absolute atomic E-state index is 13.1. The average Bonchev–Trinajstić information content (AvgIpc) is 3.15. The van der Waals surface area contributed by atoms with Crippen LogP contribution in [0.5, 0.6) is 11.5 Å². The summed E-state index contributed by atoms with van der Waals surface area (Å²) in [4.78, 5) is 26.2. The Balaban J connectivity index is 1.66. The Morgan fingerprint density at radius 2 is 1.70 bits per heavy atom. The van der Waals surface area contributed by atoms with Crippen LogP contribution in [0.25, 0.3) is 0 Å². The molecular weight excluding hydrogens is 420 g/mol. The van der Waals surface area contributed by atoms with E-state index in [4.69, 9.17) is 0 Å². The summed E-state index contributed by atoms with van der Waals surface area (Å²) >= 11 is 0. The highest BCUT2D eigenvalue weighted by molar-refractivity contribution is 5.97. The Labute approximate surface area is 195 Å². The lowest BCUT2D eigenvalue weighted by molar-refractivity contribution is -0.139. The molecule has 3 rings (SSSR count). The number of phenolic OH excluding ortho intramolecular Hbond substituents is 2. The van der Waals surface area contributed by atoms with Gasteiger partial charge in [-0.05, 0) is 59.5 Å². The summed E-state index contributed by atoms with van der Waals surface area (Å²) in [5.41, 5.74) is 4.02. The van der Waals surface area contributed by atoms with Gasteiger partial charge in [0.15, 0.2) is 0 Å². The number of hydrogen-bond donors (Lipinski definition) is 4. The third-order valence-corrected chi connectivity index (χ3v) is 6.09. The summed E-state index contributed by atoms with van der Waals surface area (Å²) in [6, 6.07) is 8.35. The Kier molecular flexibility index (Phi) is 7.64. The zero-order valence-electron chi connectivity index (χ0n) is 19.8. The highest BCUT2D eigenvalue weighted by Gasteiger charge is 2.27. The largest absolute Gasteiger partial charge is 0.508 e. The van der Waals surface area contributed by atoms with Crippen LogP contribution in [0.1, 0.15) is 72.6 Å². The van der Waals surface area contributed by atoms with Gasteiger partial charge >= 0.3 is 5.97 Å². The molecule has 2 aromatic carbocycles. The highest BCUT2D eigenvalue weighted by Crippen LogP contribution is 2.34. The van der Waals surface area contributed by atoms with Crippen molar-refractivity contribution in [2.45, 2.75) is 65.6 Å². The number of benzene rings is 2. The molecule has 7 heteroatoms. The van der Waals surface area contributed by atoms with Gasteiger partial charge in [-0.15, -0.1) is 0 Å². The van der Waals surface area contributed by atoms with E-state index in [1.807, 2.05) is 39.8 Å². The summed E-state index contributed by atoms with van der Waals surface area (Å²) in [6.07, 6.45) is 1.28. The molecule has 4 N–H and O–H groups in total. The third kappa shape index (κ3) is 5.85. The van der Waals surface area contributed by atoms with E-state index in [0.717, 1.165) is 16.7 Å². The SMILES string of the molecule is CC(C)C[C@H](NCCc1ccc2c(c1)CN(C(=O)c1cc(C(C)C)c(O)cc1O)C2)C(=O)O. The summed E-state index contributed by atoms with van der Waals surface area (Å²) in [5.74, 6) is -1.02. The predicted octanol–water partition coefficient (Wildman–Crippen LogP) is 4.01. The second-order valence-corrected chi connectivity index (χ2v) is 9.57. The first-order valence-corrected chi connectivity index (χ1v) is 11.5. The van der Waals surface area contributed by atoms with Crippen molar-refractivity contribution >= 4 is 11.9 Å². The second kappa shape index (κ2) is 10.3. The highest BCUT2D eigenvalue weighted by atomic mass is 16.4. The second-order valence-electron chi connectivity index (χ2n) is 9.57. The van der Waals surface area contributed by atoms with E-state index in [2.05, 4.69) is 11.4 Å². The van der Waals surface area contributed by atoms with Gasteiger partial charge in [0, 0.05) is 19.2 Å². The zero-order valence-corrected chi connectivity index (χ0v) is 19.8. The molecule has 1 amide bonds. The molecule has 0 saturated carbocycles. The molecule has 2 aromatic rings. The maximum Gasteiger partial charge on any atom is 0.320 e. The predicted molar refractivity (Wildman–Crippen MR) is 126 cm³/mol. The number of carbonyl (C=O) groups excluding carboxylic acids is 1. The van der Waals surface area contributed by atoms with E-state index in [-0.39, 0.29) is 28.9 Å². The van der Waals surface area contributed by atoms with E-state index in [0.29, 0.717) is 44.0 Å². The topological polar surface area (TPSA) is 110 Å². The number of phenols is 2. The third-order valence-electron chi connectivity index (χ3n) is 6.09. The molecule has 0 bridgehead atoms. The molecule has 1 aliphatic heterocycles. The molecule has 0 aliphatic carbocycles. The molecule has 0 unspecified atom stereocenters. The van der Waals surface area contributed by atoms with Crippen molar-refractivity contribution < 1.29 is 24.9 Å². The minimum Gasteiger partial charge on any atom is -0.508 e. The van der Waals surface area contributed by atoms with Crippen LogP contribution in [0.4, 0.5) is 0 Å². The fourth-order valence-corrected chi connectivity index (χ4v) is 4.28. The van der Waals surface area contributed by atoms with Crippen LogP contribution in [-0.2, 0) is 24.3 Å². The van der Waals surface area contributed by atoms with Crippen molar-refractivity contribution in [2.75, 3.05) is 6.54 Å². The molecule has 7 nitrogen and oxygen atoms in total. The van der Waals surface area contributed by atoms with Crippen molar-refractivity contribution in [3.8, 4) is 11.5 Å². The van der Waals surface area contributed by atoms with Crippen molar-refractivity contribution in [1.82, 2.24) is 10.2 Å². The van der Waals surface area contributed by atoms with Gasteiger partial charge in [-0.2, -0.15) is 0 Å². The van der Waals surface area contributed by atoms with E-state index in [9.17, 15) is 24.9 Å². The van der Waals surface area contributed by atoms with Gasteiger partial charge in [0.05, 0.1) is 5.56 Å². The normalized spacial score (nSPS) is 14.1. The number of hydrogen-bond acceptors (Lipinski definition) is 5. The number of carbonyl (C=O) groups is 2. The van der Waals surface area contributed by atoms with Gasteiger partial charge in [-0.25, -0.2) is 0 Å². The molecule has 1 heterocycles. The van der Waals surface area contributed by atoms with Crippen molar-refractivity contribution in [1.29, 1.82) is 0 Å². The molecule has 0 spiro atoms. The Morgan fingerprint density at radius 1 is 1.00 bits per heavy atom. The van der Waals surface area contributed by atoms with Crippen LogP contribution in [0.2, 0.25) is 0 Å². The molecule has 0 radical (unpaired) electrons. The quantitative estimate of drug-likeness (QED) is 0.456. The van der Waals surface area contributed by atoms with Gasteiger partial charge in [-0.3, -0.25) is 9.59 Å². The Morgan fingerprint density at radius 3 is 2.33 bits per heavy atom. The molecule has 33 heavy (non-hydrogen) atoms. The van der Waals surface area contributed by atoms with Crippen LogP contribution in [0.3, 0.4) is 0 Å². The van der Waals surface area contributed by atoms with Gasteiger partial charge < -0.3 is 25.5 Å². The summed E-state index contributed by atoms with van der Waals surface area (Å²) in [5, 5.41) is 32.8. The molecule has 0 aromatic heterocycles. The zero-order chi connectivity index (χ0) is 24.3. The van der Waals surface area contributed by atoms with E-state index in [1.54, 1.807) is 11.0 Å². The Hall–Kier alpha value is -3.06. The number of aromatic hydroxyl groups is 2. The van der Waals surface area contributed by atoms with Crippen molar-refractivity contribution in [3.63, 3.8) is 0 Å². The number of amides is 1. The lowest BCUT2D eigenvalue weighted by Crippen LogP contribution is -2.38. The molecule has 0 saturated heterocycles. The average molecular weight is 455 g/mol. The number of rotatable bonds is 9. The van der Waals surface area contributed by atoms with E-state index < -0.39 is 12.0 Å². The van der Waals surface area contributed by atoms with Crippen LogP contribution in [0, 0.1) is 5.92 Å². The summed E-state index contributed by atoms with van der Waals surface area (Å²) < 4.78 is 0. The lowest BCUT2D eigenvalue weighted by Gasteiger charge is -2.18. The molecule has 1 aliphatic rings. The van der Waals surface area contributed by atoms with E-state index in [1.165, 1.54) is 6.07 Å². The van der Waals surface area contributed by atoms with E-state index >= 15 is 0 Å². The first kappa shape index (κ1) is 24.6. The van der Waals surface area contributed by atoms with Gasteiger partial charge in [0.25, 0.3) is 5.91 Å². The van der Waals surface area contributed by atoms with Crippen molar-refractivity contribution in [3.05, 3.63) is 58.1 Å². The molecular formula is C26H34N2O5.